The first-order chi connectivity index (χ1) is 15.0. The molecule has 0 bridgehead atoms. The minimum absolute atomic E-state index is 0.0597. The number of halogens is 1. The molecule has 164 valence electrons. The summed E-state index contributed by atoms with van der Waals surface area (Å²) in [7, 11) is -3.53. The van der Waals surface area contributed by atoms with Crippen LogP contribution in [0.1, 0.15) is 48.1 Å². The highest BCUT2D eigenvalue weighted by atomic mass is 32.2. The maximum absolute atomic E-state index is 13.1. The van der Waals surface area contributed by atoms with Gasteiger partial charge in [0.15, 0.2) is 5.82 Å². The van der Waals surface area contributed by atoms with Gasteiger partial charge >= 0.3 is 0 Å². The predicted molar refractivity (Wildman–Crippen MR) is 112 cm³/mol. The van der Waals surface area contributed by atoms with E-state index in [2.05, 4.69) is 10.1 Å². The van der Waals surface area contributed by atoms with Gasteiger partial charge in [0, 0.05) is 6.54 Å². The number of hydrogen-bond acceptors (Lipinski definition) is 6. The molecule has 1 aliphatic heterocycles. The molecular formula is C22H24FN3O4S. The zero-order valence-electron chi connectivity index (χ0n) is 17.0. The molecule has 0 radical (unpaired) electrons. The number of hydrogen-bond donors (Lipinski definition) is 0. The Bertz CT molecular complexity index is 1090. The third-order valence-corrected chi connectivity index (χ3v) is 7.04. The largest absolute Gasteiger partial charge is 0.367 e. The summed E-state index contributed by atoms with van der Waals surface area (Å²) in [5.41, 5.74) is 1.57. The average molecular weight is 446 g/mol. The van der Waals surface area contributed by atoms with Crippen LogP contribution >= 0.6 is 0 Å². The van der Waals surface area contributed by atoms with Crippen molar-refractivity contribution in [3.8, 4) is 0 Å². The normalized spacial score (nSPS) is 17.6. The fourth-order valence-electron chi connectivity index (χ4n) is 3.66. The Hall–Kier alpha value is -2.62. The summed E-state index contributed by atoms with van der Waals surface area (Å²) < 4.78 is 51.5. The van der Waals surface area contributed by atoms with E-state index in [4.69, 9.17) is 9.26 Å². The van der Waals surface area contributed by atoms with Crippen molar-refractivity contribution in [1.82, 2.24) is 14.4 Å². The highest BCUT2D eigenvalue weighted by Gasteiger charge is 2.36. The highest BCUT2D eigenvalue weighted by molar-refractivity contribution is 7.88. The first-order valence-corrected chi connectivity index (χ1v) is 11.8. The summed E-state index contributed by atoms with van der Waals surface area (Å²) in [4.78, 5) is 4.38. The van der Waals surface area contributed by atoms with Crippen LogP contribution in [0.2, 0.25) is 0 Å². The lowest BCUT2D eigenvalue weighted by Crippen LogP contribution is -2.39. The van der Waals surface area contributed by atoms with Crippen molar-refractivity contribution in [3.05, 3.63) is 83.3 Å². The summed E-state index contributed by atoms with van der Waals surface area (Å²) in [6, 6.07) is 14.7. The molecule has 0 N–H and O–H groups in total. The second kappa shape index (κ2) is 9.67. The van der Waals surface area contributed by atoms with Crippen molar-refractivity contribution in [2.45, 2.75) is 44.3 Å². The van der Waals surface area contributed by atoms with Crippen molar-refractivity contribution in [2.24, 2.45) is 0 Å². The Balaban J connectivity index is 1.41. The zero-order chi connectivity index (χ0) is 21.7. The predicted octanol–water partition coefficient (Wildman–Crippen LogP) is 3.98. The second-order valence-corrected chi connectivity index (χ2v) is 9.45. The van der Waals surface area contributed by atoms with Crippen LogP contribution in [0.25, 0.3) is 0 Å². The molecule has 4 rings (SSSR count). The molecule has 1 fully saturated rings. The number of ether oxygens (including phenoxy) is 1. The number of piperidine rings is 1. The summed E-state index contributed by atoms with van der Waals surface area (Å²) in [6.45, 7) is 0.803. The molecule has 1 aliphatic rings. The maximum Gasteiger partial charge on any atom is 0.252 e. The quantitative estimate of drug-likeness (QED) is 0.521. The number of aromatic nitrogens is 2. The fraction of sp³-hybridized carbons (Fsp3) is 0.364. The fourth-order valence-corrected chi connectivity index (χ4v) is 5.44. The lowest BCUT2D eigenvalue weighted by atomic mass is 10.0. The monoisotopic (exact) mass is 445 g/mol. The molecule has 1 atom stereocenters. The van der Waals surface area contributed by atoms with Gasteiger partial charge in [-0.2, -0.15) is 9.29 Å². The molecule has 1 saturated heterocycles. The van der Waals surface area contributed by atoms with Crippen LogP contribution in [0.4, 0.5) is 4.39 Å². The number of benzene rings is 2. The zero-order valence-corrected chi connectivity index (χ0v) is 17.8. The van der Waals surface area contributed by atoms with E-state index >= 15 is 0 Å². The topological polar surface area (TPSA) is 85.5 Å². The molecule has 9 heteroatoms. The smallest absolute Gasteiger partial charge is 0.252 e. The van der Waals surface area contributed by atoms with E-state index in [9.17, 15) is 12.8 Å². The summed E-state index contributed by atoms with van der Waals surface area (Å²) in [5, 5.41) is 4.03. The Labute approximate surface area is 180 Å². The van der Waals surface area contributed by atoms with Crippen LogP contribution in [0.15, 0.2) is 59.1 Å². The second-order valence-electron chi connectivity index (χ2n) is 7.53. The van der Waals surface area contributed by atoms with Crippen molar-refractivity contribution < 1.29 is 22.1 Å². The lowest BCUT2D eigenvalue weighted by Gasteiger charge is -2.32. The molecule has 31 heavy (non-hydrogen) atoms. The number of sulfonamides is 1. The molecule has 1 unspecified atom stereocenters. The Morgan fingerprint density at radius 3 is 2.58 bits per heavy atom. The van der Waals surface area contributed by atoms with Gasteiger partial charge < -0.3 is 9.26 Å². The van der Waals surface area contributed by atoms with Gasteiger partial charge in [0.25, 0.3) is 5.89 Å². The maximum atomic E-state index is 13.1. The molecule has 7 nitrogen and oxygen atoms in total. The molecule has 0 amide bonds. The third-order valence-electron chi connectivity index (χ3n) is 5.19. The molecule has 2 aromatic carbocycles. The average Bonchev–Trinajstić information content (AvgIpc) is 3.24. The van der Waals surface area contributed by atoms with Crippen molar-refractivity contribution in [2.75, 3.05) is 6.54 Å². The van der Waals surface area contributed by atoms with Crippen LogP contribution in [-0.4, -0.2) is 29.4 Å². The van der Waals surface area contributed by atoms with Gasteiger partial charge in [-0.05, 0) is 36.1 Å². The number of nitrogens with zero attached hydrogens (tertiary/aromatic N) is 3. The molecule has 0 spiro atoms. The van der Waals surface area contributed by atoms with E-state index in [0.29, 0.717) is 18.8 Å². The summed E-state index contributed by atoms with van der Waals surface area (Å²) in [5.74, 6) is 0.278. The molecule has 0 aliphatic carbocycles. The van der Waals surface area contributed by atoms with Crippen LogP contribution in [0.3, 0.4) is 0 Å². The minimum Gasteiger partial charge on any atom is -0.367 e. The van der Waals surface area contributed by atoms with Crippen molar-refractivity contribution >= 4 is 10.0 Å². The molecule has 2 heterocycles. The van der Waals surface area contributed by atoms with E-state index in [-0.39, 0.29) is 30.7 Å². The van der Waals surface area contributed by atoms with Crippen LogP contribution in [-0.2, 0) is 33.7 Å². The first kappa shape index (κ1) is 21.6. The minimum atomic E-state index is -3.53. The molecule has 3 aromatic rings. The van der Waals surface area contributed by atoms with E-state index in [0.717, 1.165) is 24.0 Å². The van der Waals surface area contributed by atoms with E-state index in [1.165, 1.54) is 16.4 Å². The SMILES string of the molecule is O=S(=O)(Cc1ccccc1)N1CCCCC1c1noc(COCc2ccc(F)cc2)n1. The van der Waals surface area contributed by atoms with Gasteiger partial charge in [-0.25, -0.2) is 12.8 Å². The van der Waals surface area contributed by atoms with Gasteiger partial charge in [0.2, 0.25) is 10.0 Å². The third kappa shape index (κ3) is 5.55. The lowest BCUT2D eigenvalue weighted by molar-refractivity contribution is 0.0850. The van der Waals surface area contributed by atoms with Gasteiger partial charge in [-0.3, -0.25) is 0 Å². The highest BCUT2D eigenvalue weighted by Crippen LogP contribution is 2.32. The van der Waals surface area contributed by atoms with E-state index < -0.39 is 16.1 Å². The van der Waals surface area contributed by atoms with E-state index in [1.807, 2.05) is 18.2 Å². The molecular weight excluding hydrogens is 421 g/mol. The Morgan fingerprint density at radius 1 is 1.03 bits per heavy atom. The Kier molecular flexibility index (Phi) is 6.74. The van der Waals surface area contributed by atoms with Crippen LogP contribution in [0, 0.1) is 5.82 Å². The summed E-state index contributed by atoms with van der Waals surface area (Å²) >= 11 is 0. The Morgan fingerprint density at radius 2 is 1.81 bits per heavy atom. The van der Waals surface area contributed by atoms with Crippen molar-refractivity contribution in [1.29, 1.82) is 0 Å². The number of rotatable bonds is 8. The van der Waals surface area contributed by atoms with Gasteiger partial charge in [-0.1, -0.05) is 54.0 Å². The van der Waals surface area contributed by atoms with Crippen LogP contribution < -0.4 is 0 Å². The molecule has 1 aromatic heterocycles. The van der Waals surface area contributed by atoms with E-state index in [1.54, 1.807) is 24.3 Å². The van der Waals surface area contributed by atoms with Gasteiger partial charge in [0.05, 0.1) is 18.4 Å². The molecule has 0 saturated carbocycles. The van der Waals surface area contributed by atoms with Gasteiger partial charge in [0.1, 0.15) is 12.4 Å². The first-order valence-electron chi connectivity index (χ1n) is 10.2. The van der Waals surface area contributed by atoms with Gasteiger partial charge in [-0.15, -0.1) is 0 Å². The van der Waals surface area contributed by atoms with Crippen molar-refractivity contribution in [3.63, 3.8) is 0 Å². The standard InChI is InChI=1S/C22H24FN3O4S/c23-19-11-9-17(10-12-19)14-29-15-21-24-22(25-30-21)20-8-4-5-13-26(20)31(27,28)16-18-6-2-1-3-7-18/h1-3,6-7,9-12,20H,4-5,8,13-16H2. The summed E-state index contributed by atoms with van der Waals surface area (Å²) in [6.07, 6.45) is 2.34. The van der Waals surface area contributed by atoms with Crippen LogP contribution in [0.5, 0.6) is 0 Å².